The van der Waals surface area contributed by atoms with Gasteiger partial charge in [-0.2, -0.15) is 0 Å². The van der Waals surface area contributed by atoms with Crippen LogP contribution in [-0.2, 0) is 9.53 Å². The van der Waals surface area contributed by atoms with E-state index in [4.69, 9.17) is 4.74 Å². The van der Waals surface area contributed by atoms with Crippen LogP contribution in [0.3, 0.4) is 0 Å². The molecule has 2 aliphatic carbocycles. The van der Waals surface area contributed by atoms with Gasteiger partial charge in [-0.05, 0) is 45.1 Å². The van der Waals surface area contributed by atoms with Crippen LogP contribution in [0, 0.1) is 16.7 Å². The lowest BCUT2D eigenvalue weighted by Gasteiger charge is -2.57. The second-order valence-corrected chi connectivity index (χ2v) is 8.45. The zero-order valence-electron chi connectivity index (χ0n) is 15.3. The molecule has 1 spiro atoms. The molecule has 25 heavy (non-hydrogen) atoms. The van der Waals surface area contributed by atoms with Crippen LogP contribution >= 0.6 is 12.4 Å². The number of carbonyl (C=O) groups is 1. The summed E-state index contributed by atoms with van der Waals surface area (Å²) in [5, 5.41) is 13.8. The van der Waals surface area contributed by atoms with E-state index in [1.165, 1.54) is 19.3 Å². The van der Waals surface area contributed by atoms with Crippen molar-refractivity contribution in [2.45, 2.75) is 64.1 Å². The summed E-state index contributed by atoms with van der Waals surface area (Å²) in [5.74, 6) is 0.911. The predicted octanol–water partition coefficient (Wildman–Crippen LogP) is 1.97. The molecule has 5 nitrogen and oxygen atoms in total. The zero-order valence-corrected chi connectivity index (χ0v) is 16.2. The fraction of sp³-hybridized carbons (Fsp3) is 0.947. The van der Waals surface area contributed by atoms with E-state index in [0.717, 1.165) is 51.9 Å². The molecule has 6 heteroatoms. The molecule has 0 bridgehead atoms. The van der Waals surface area contributed by atoms with Gasteiger partial charge in [0.05, 0.1) is 17.6 Å². The molecule has 4 atom stereocenters. The molecule has 2 N–H and O–H groups in total. The molecule has 1 amide bonds. The van der Waals surface area contributed by atoms with E-state index >= 15 is 0 Å². The third kappa shape index (κ3) is 2.91. The topological polar surface area (TPSA) is 61.8 Å². The molecule has 2 unspecified atom stereocenters. The predicted molar refractivity (Wildman–Crippen MR) is 98.8 cm³/mol. The van der Waals surface area contributed by atoms with Gasteiger partial charge in [0.2, 0.25) is 5.91 Å². The van der Waals surface area contributed by atoms with Gasteiger partial charge in [-0.25, -0.2) is 0 Å². The number of aliphatic hydroxyl groups is 1. The average Bonchev–Trinajstić information content (AvgIpc) is 3.06. The fourth-order valence-corrected chi connectivity index (χ4v) is 5.93. The first-order valence-corrected chi connectivity index (χ1v) is 9.92. The summed E-state index contributed by atoms with van der Waals surface area (Å²) in [6.45, 7) is 6.17. The molecule has 4 fully saturated rings. The van der Waals surface area contributed by atoms with Gasteiger partial charge in [-0.1, -0.05) is 12.8 Å². The van der Waals surface area contributed by atoms with Crippen molar-refractivity contribution >= 4 is 18.3 Å². The monoisotopic (exact) mass is 372 g/mol. The molecular formula is C19H33ClN2O3. The van der Waals surface area contributed by atoms with Crippen LogP contribution in [0.2, 0.25) is 0 Å². The third-order valence-corrected chi connectivity index (χ3v) is 7.56. The molecule has 4 aliphatic rings. The molecule has 2 heterocycles. The van der Waals surface area contributed by atoms with Crippen LogP contribution in [0.1, 0.15) is 51.9 Å². The Hall–Kier alpha value is -0.360. The number of halogens is 1. The maximum Gasteiger partial charge on any atom is 0.230 e. The summed E-state index contributed by atoms with van der Waals surface area (Å²) in [6.07, 6.45) is 7.18. The van der Waals surface area contributed by atoms with Gasteiger partial charge >= 0.3 is 0 Å². The van der Waals surface area contributed by atoms with Crippen molar-refractivity contribution < 1.29 is 14.6 Å². The van der Waals surface area contributed by atoms with Gasteiger partial charge in [-0.3, -0.25) is 4.79 Å². The number of aliphatic hydroxyl groups excluding tert-OH is 1. The summed E-state index contributed by atoms with van der Waals surface area (Å²) < 4.78 is 5.85. The Bertz CT molecular complexity index is 493. The second-order valence-electron chi connectivity index (χ2n) is 8.45. The molecule has 0 aromatic heterocycles. The van der Waals surface area contributed by atoms with Gasteiger partial charge in [0.15, 0.2) is 0 Å². The molecular weight excluding hydrogens is 340 g/mol. The molecule has 2 saturated heterocycles. The number of carbonyl (C=O) groups excluding carboxylic acids is 1. The highest BCUT2D eigenvalue weighted by Crippen LogP contribution is 2.52. The van der Waals surface area contributed by atoms with E-state index in [1.54, 1.807) is 0 Å². The van der Waals surface area contributed by atoms with Crippen molar-refractivity contribution in [3.8, 4) is 0 Å². The SMILES string of the molecule is CCOC1CC(O)C12CCN(C(=O)[C@@]13CCCC[C@H]1CNC3)CC2.Cl. The first kappa shape index (κ1) is 19.4. The Morgan fingerprint density at radius 1 is 1.28 bits per heavy atom. The lowest BCUT2D eigenvalue weighted by atomic mass is 9.58. The number of nitrogens with one attached hydrogen (secondary N) is 1. The van der Waals surface area contributed by atoms with Crippen molar-refractivity contribution in [3.05, 3.63) is 0 Å². The van der Waals surface area contributed by atoms with E-state index < -0.39 is 0 Å². The Morgan fingerprint density at radius 2 is 2.04 bits per heavy atom. The van der Waals surface area contributed by atoms with Gasteiger partial charge < -0.3 is 20.1 Å². The summed E-state index contributed by atoms with van der Waals surface area (Å²) in [5.41, 5.74) is -0.231. The number of rotatable bonds is 3. The van der Waals surface area contributed by atoms with Gasteiger partial charge in [0.25, 0.3) is 0 Å². The van der Waals surface area contributed by atoms with Crippen LogP contribution in [0.15, 0.2) is 0 Å². The molecule has 0 aromatic rings. The number of likely N-dealkylation sites (tertiary alicyclic amines) is 1. The van der Waals surface area contributed by atoms with E-state index in [2.05, 4.69) is 10.2 Å². The summed E-state index contributed by atoms with van der Waals surface area (Å²) >= 11 is 0. The third-order valence-electron chi connectivity index (χ3n) is 7.56. The minimum Gasteiger partial charge on any atom is -0.392 e. The Balaban J connectivity index is 0.00000182. The Morgan fingerprint density at radius 3 is 2.72 bits per heavy atom. The maximum atomic E-state index is 13.4. The molecule has 0 aromatic carbocycles. The molecule has 4 rings (SSSR count). The summed E-state index contributed by atoms with van der Waals surface area (Å²) in [6, 6.07) is 0. The van der Waals surface area contributed by atoms with Crippen molar-refractivity contribution in [2.24, 2.45) is 16.7 Å². The van der Waals surface area contributed by atoms with Gasteiger partial charge in [0.1, 0.15) is 0 Å². The van der Waals surface area contributed by atoms with Crippen LogP contribution in [0.5, 0.6) is 0 Å². The van der Waals surface area contributed by atoms with Crippen molar-refractivity contribution in [1.29, 1.82) is 0 Å². The van der Waals surface area contributed by atoms with E-state index in [1.807, 2.05) is 6.92 Å². The first-order valence-electron chi connectivity index (χ1n) is 9.92. The van der Waals surface area contributed by atoms with Crippen LogP contribution in [0.25, 0.3) is 0 Å². The Labute approximate surface area is 157 Å². The van der Waals surface area contributed by atoms with Crippen LogP contribution in [-0.4, -0.2) is 60.9 Å². The smallest absolute Gasteiger partial charge is 0.230 e. The highest BCUT2D eigenvalue weighted by molar-refractivity contribution is 5.85. The highest BCUT2D eigenvalue weighted by Gasteiger charge is 2.58. The van der Waals surface area contributed by atoms with E-state index in [9.17, 15) is 9.90 Å². The lowest BCUT2D eigenvalue weighted by molar-refractivity contribution is -0.211. The van der Waals surface area contributed by atoms with Crippen molar-refractivity contribution in [3.63, 3.8) is 0 Å². The van der Waals surface area contributed by atoms with Crippen LogP contribution in [0.4, 0.5) is 0 Å². The summed E-state index contributed by atoms with van der Waals surface area (Å²) in [7, 11) is 0. The first-order chi connectivity index (χ1) is 11.6. The molecule has 2 saturated carbocycles. The fourth-order valence-electron chi connectivity index (χ4n) is 5.93. The van der Waals surface area contributed by atoms with E-state index in [0.29, 0.717) is 18.4 Å². The molecule has 2 aliphatic heterocycles. The number of amides is 1. The highest BCUT2D eigenvalue weighted by atomic mass is 35.5. The number of hydrogen-bond acceptors (Lipinski definition) is 4. The average molecular weight is 373 g/mol. The second kappa shape index (κ2) is 7.34. The van der Waals surface area contributed by atoms with Crippen molar-refractivity contribution in [2.75, 3.05) is 32.8 Å². The molecule has 0 radical (unpaired) electrons. The number of nitrogens with zero attached hydrogens (tertiary/aromatic N) is 1. The number of hydrogen-bond donors (Lipinski definition) is 2. The summed E-state index contributed by atoms with van der Waals surface area (Å²) in [4.78, 5) is 15.5. The minimum atomic E-state index is -0.250. The van der Waals surface area contributed by atoms with Crippen molar-refractivity contribution in [1.82, 2.24) is 10.2 Å². The molecule has 144 valence electrons. The number of piperidine rings is 1. The van der Waals surface area contributed by atoms with E-state index in [-0.39, 0.29) is 35.4 Å². The maximum absolute atomic E-state index is 13.4. The largest absolute Gasteiger partial charge is 0.392 e. The number of fused-ring (bicyclic) bond motifs is 1. The van der Waals surface area contributed by atoms with Crippen LogP contribution < -0.4 is 5.32 Å². The minimum absolute atomic E-state index is 0. The van der Waals surface area contributed by atoms with Gasteiger partial charge in [-0.15, -0.1) is 12.4 Å². The quantitative estimate of drug-likeness (QED) is 0.795. The lowest BCUT2D eigenvalue weighted by Crippen LogP contribution is -2.63. The standard InChI is InChI=1S/C19H32N2O3.ClH/c1-2-24-16-11-15(22)18(16)7-9-21(10-8-18)17(23)19-6-4-3-5-14(19)12-20-13-19;/h14-16,20,22H,2-13H2,1H3;1H/t14-,15?,16?,19+;/m0./s1. The Kier molecular flexibility index (Phi) is 5.69. The van der Waals surface area contributed by atoms with Gasteiger partial charge in [0, 0.05) is 38.1 Å². The number of ether oxygens (including phenoxy) is 1. The normalized spacial score (nSPS) is 39.4. The zero-order chi connectivity index (χ0) is 16.8.